The molecular formula is C15H10Cl3N3OS. The summed E-state index contributed by atoms with van der Waals surface area (Å²) < 4.78 is 0.961. The number of anilines is 1. The van der Waals surface area contributed by atoms with Gasteiger partial charge >= 0.3 is 0 Å². The van der Waals surface area contributed by atoms with Gasteiger partial charge in [0.05, 0.1) is 20.8 Å². The average Bonchev–Trinajstić information content (AvgIpc) is 2.93. The van der Waals surface area contributed by atoms with Gasteiger partial charge in [0, 0.05) is 17.8 Å². The van der Waals surface area contributed by atoms with Gasteiger partial charge in [-0.2, -0.15) is 0 Å². The molecule has 8 heteroatoms. The molecule has 0 N–H and O–H groups in total. The highest BCUT2D eigenvalue weighted by Gasteiger charge is 2.21. The summed E-state index contributed by atoms with van der Waals surface area (Å²) in [7, 11) is 0. The Morgan fingerprint density at radius 2 is 2.04 bits per heavy atom. The van der Waals surface area contributed by atoms with Crippen molar-refractivity contribution in [3.8, 4) is 0 Å². The molecule has 0 unspecified atom stereocenters. The maximum absolute atomic E-state index is 12.7. The molecule has 2 heterocycles. The highest BCUT2D eigenvalue weighted by molar-refractivity contribution is 7.22. The number of pyridine rings is 1. The number of halogens is 3. The molecule has 0 fully saturated rings. The van der Waals surface area contributed by atoms with Gasteiger partial charge in [0.25, 0.3) is 5.91 Å². The van der Waals surface area contributed by atoms with Crippen molar-refractivity contribution in [1.82, 2.24) is 9.97 Å². The molecule has 3 aromatic rings. The lowest BCUT2D eigenvalue weighted by Crippen LogP contribution is -2.30. The Hall–Kier alpha value is -1.40. The zero-order valence-electron chi connectivity index (χ0n) is 11.9. The van der Waals surface area contributed by atoms with Gasteiger partial charge in [0.15, 0.2) is 5.13 Å². The molecule has 1 amide bonds. The number of carbonyl (C=O) groups excluding carboxylic acids is 1. The second kappa shape index (κ2) is 6.61. The first-order valence-electron chi connectivity index (χ1n) is 6.68. The Kier molecular flexibility index (Phi) is 4.73. The molecule has 1 aromatic carbocycles. The quantitative estimate of drug-likeness (QED) is 0.572. The zero-order valence-corrected chi connectivity index (χ0v) is 15.0. The third-order valence-corrected chi connectivity index (χ3v) is 5.15. The van der Waals surface area contributed by atoms with Gasteiger partial charge in [0.2, 0.25) is 0 Å². The number of nitrogens with zero attached hydrogens (tertiary/aromatic N) is 3. The van der Waals surface area contributed by atoms with Crippen LogP contribution in [0.3, 0.4) is 0 Å². The van der Waals surface area contributed by atoms with Crippen molar-refractivity contribution in [2.75, 3.05) is 11.4 Å². The summed E-state index contributed by atoms with van der Waals surface area (Å²) in [5.41, 5.74) is 1.12. The second-order valence-electron chi connectivity index (χ2n) is 4.65. The highest BCUT2D eigenvalue weighted by atomic mass is 35.5. The first-order chi connectivity index (χ1) is 11.0. The van der Waals surface area contributed by atoms with Crippen LogP contribution < -0.4 is 4.90 Å². The van der Waals surface area contributed by atoms with Gasteiger partial charge < -0.3 is 0 Å². The van der Waals surface area contributed by atoms with Crippen LogP contribution in [0.2, 0.25) is 15.2 Å². The number of hydrogen-bond acceptors (Lipinski definition) is 4. The number of fused-ring (bicyclic) bond motifs is 1. The van der Waals surface area contributed by atoms with E-state index >= 15 is 0 Å². The van der Waals surface area contributed by atoms with E-state index in [0.717, 1.165) is 10.2 Å². The van der Waals surface area contributed by atoms with Crippen LogP contribution in [0.15, 0.2) is 30.5 Å². The van der Waals surface area contributed by atoms with E-state index < -0.39 is 0 Å². The molecule has 0 aliphatic carbocycles. The molecule has 0 aliphatic rings. The minimum Gasteiger partial charge on any atom is -0.284 e. The Morgan fingerprint density at radius 1 is 1.26 bits per heavy atom. The maximum Gasteiger partial charge on any atom is 0.261 e. The Bertz CT molecular complexity index is 897. The minimum atomic E-state index is -0.233. The molecule has 0 aliphatic heterocycles. The fourth-order valence-electron chi connectivity index (χ4n) is 2.06. The summed E-state index contributed by atoms with van der Waals surface area (Å²) in [6, 6.07) is 6.96. The van der Waals surface area contributed by atoms with Crippen molar-refractivity contribution in [3.05, 3.63) is 51.2 Å². The van der Waals surface area contributed by atoms with E-state index in [-0.39, 0.29) is 16.1 Å². The van der Waals surface area contributed by atoms with Crippen LogP contribution in [-0.2, 0) is 0 Å². The predicted molar refractivity (Wildman–Crippen MR) is 96.2 cm³/mol. The van der Waals surface area contributed by atoms with Crippen molar-refractivity contribution < 1.29 is 4.79 Å². The summed E-state index contributed by atoms with van der Waals surface area (Å²) in [6.45, 7) is 2.34. The molecule has 0 bridgehead atoms. The molecule has 0 atom stereocenters. The van der Waals surface area contributed by atoms with E-state index in [2.05, 4.69) is 9.97 Å². The van der Waals surface area contributed by atoms with Gasteiger partial charge in [-0.1, -0.05) is 46.1 Å². The Labute approximate surface area is 151 Å². The lowest BCUT2D eigenvalue weighted by molar-refractivity contribution is 0.0988. The lowest BCUT2D eigenvalue weighted by Gasteiger charge is -2.17. The van der Waals surface area contributed by atoms with E-state index in [0.29, 0.717) is 22.3 Å². The molecule has 23 heavy (non-hydrogen) atoms. The monoisotopic (exact) mass is 385 g/mol. The number of rotatable bonds is 3. The van der Waals surface area contributed by atoms with Crippen LogP contribution in [-0.4, -0.2) is 22.4 Å². The van der Waals surface area contributed by atoms with Gasteiger partial charge in [-0.25, -0.2) is 9.97 Å². The van der Waals surface area contributed by atoms with Crippen LogP contribution in [0.4, 0.5) is 5.13 Å². The van der Waals surface area contributed by atoms with E-state index in [9.17, 15) is 4.79 Å². The zero-order chi connectivity index (χ0) is 16.6. The fraction of sp³-hybridized carbons (Fsp3) is 0.133. The van der Waals surface area contributed by atoms with Crippen molar-refractivity contribution in [3.63, 3.8) is 0 Å². The molecule has 4 nitrogen and oxygen atoms in total. The topological polar surface area (TPSA) is 46.1 Å². The SMILES string of the molecule is CCN(C(=O)c1cnc(Cl)c(Cl)c1)c1nc2cc(Cl)ccc2s1. The largest absolute Gasteiger partial charge is 0.284 e. The van der Waals surface area contributed by atoms with Crippen LogP contribution in [0.5, 0.6) is 0 Å². The van der Waals surface area contributed by atoms with Crippen molar-refractivity contribution in [1.29, 1.82) is 0 Å². The normalized spacial score (nSPS) is 11.0. The van der Waals surface area contributed by atoms with E-state index in [4.69, 9.17) is 34.8 Å². The standard InChI is InChI=1S/C15H10Cl3N3OS/c1-2-21(14(22)8-5-10(17)13(18)19-7-8)15-20-11-6-9(16)3-4-12(11)23-15/h3-7H,2H2,1H3. The molecule has 0 saturated heterocycles. The summed E-state index contributed by atoms with van der Waals surface area (Å²) in [5.74, 6) is -0.233. The summed E-state index contributed by atoms with van der Waals surface area (Å²) in [4.78, 5) is 22.7. The van der Waals surface area contributed by atoms with Crippen LogP contribution in [0.1, 0.15) is 17.3 Å². The smallest absolute Gasteiger partial charge is 0.261 e. The van der Waals surface area contributed by atoms with Crippen molar-refractivity contribution in [2.24, 2.45) is 0 Å². The van der Waals surface area contributed by atoms with Gasteiger partial charge in [0.1, 0.15) is 5.15 Å². The average molecular weight is 387 g/mol. The number of thiazole rings is 1. The first kappa shape index (κ1) is 16.5. The number of aromatic nitrogens is 2. The number of benzene rings is 1. The second-order valence-corrected chi connectivity index (χ2v) is 6.87. The van der Waals surface area contributed by atoms with E-state index in [1.54, 1.807) is 17.0 Å². The molecule has 118 valence electrons. The van der Waals surface area contributed by atoms with Crippen molar-refractivity contribution in [2.45, 2.75) is 6.92 Å². The molecule has 3 rings (SSSR count). The first-order valence-corrected chi connectivity index (χ1v) is 8.63. The van der Waals surface area contributed by atoms with Crippen LogP contribution >= 0.6 is 46.1 Å². The summed E-state index contributed by atoms with van der Waals surface area (Å²) in [6.07, 6.45) is 1.41. The molecule has 2 aromatic heterocycles. The van der Waals surface area contributed by atoms with Crippen LogP contribution in [0, 0.1) is 0 Å². The maximum atomic E-state index is 12.7. The highest BCUT2D eigenvalue weighted by Crippen LogP contribution is 2.31. The molecule has 0 spiro atoms. The summed E-state index contributed by atoms with van der Waals surface area (Å²) >= 11 is 19.1. The van der Waals surface area contributed by atoms with Crippen molar-refractivity contribution >= 4 is 67.4 Å². The molecule has 0 saturated carbocycles. The number of carbonyl (C=O) groups is 1. The van der Waals surface area contributed by atoms with Gasteiger partial charge in [-0.15, -0.1) is 0 Å². The number of hydrogen-bond donors (Lipinski definition) is 0. The lowest BCUT2D eigenvalue weighted by atomic mass is 10.2. The Morgan fingerprint density at radius 3 is 2.74 bits per heavy atom. The fourth-order valence-corrected chi connectivity index (χ4v) is 3.51. The molecular weight excluding hydrogens is 377 g/mol. The predicted octanol–water partition coefficient (Wildman–Crippen LogP) is 5.32. The molecule has 0 radical (unpaired) electrons. The van der Waals surface area contributed by atoms with Gasteiger partial charge in [-0.05, 0) is 31.2 Å². The van der Waals surface area contributed by atoms with E-state index in [1.807, 2.05) is 13.0 Å². The third-order valence-electron chi connectivity index (χ3n) is 3.17. The van der Waals surface area contributed by atoms with Gasteiger partial charge in [-0.3, -0.25) is 9.69 Å². The third kappa shape index (κ3) is 3.28. The minimum absolute atomic E-state index is 0.167. The van der Waals surface area contributed by atoms with E-state index in [1.165, 1.54) is 23.6 Å². The summed E-state index contributed by atoms with van der Waals surface area (Å²) in [5, 5.41) is 1.61. The van der Waals surface area contributed by atoms with Crippen LogP contribution in [0.25, 0.3) is 10.2 Å². The number of amides is 1. The Balaban J connectivity index is 1.99.